The molecule has 0 unspecified atom stereocenters. The number of carbonyl (C=O) groups is 2. The van der Waals surface area contributed by atoms with Gasteiger partial charge in [0, 0.05) is 28.5 Å². The van der Waals surface area contributed by atoms with Crippen LogP contribution in [0.3, 0.4) is 0 Å². The van der Waals surface area contributed by atoms with Gasteiger partial charge >= 0.3 is 0 Å². The fourth-order valence-corrected chi connectivity index (χ4v) is 6.32. The molecule has 1 aliphatic rings. The van der Waals surface area contributed by atoms with E-state index in [-0.39, 0.29) is 57.4 Å². The van der Waals surface area contributed by atoms with Gasteiger partial charge in [0.15, 0.2) is 11.6 Å². The first-order valence-electron chi connectivity index (χ1n) is 15.6. The fraction of sp³-hybridized carbons (Fsp3) is 0.200. The van der Waals surface area contributed by atoms with Crippen molar-refractivity contribution in [2.45, 2.75) is 45.4 Å². The normalized spacial score (nSPS) is 17.6. The molecule has 0 amide bonds. The standard InChI is InChI=1S/C40H38O8/c1-22(2)4-14-29-35(45)20-26(21-36(29)46)39(47)37-31(25-8-12-28(42)13-9-25)18-23(3)19-32(37)38-34(44)17-15-30(40(38)48)33(43)16-7-24-5-10-27(41)11-6-24/h4-13,15-17,19-21,31-32,37,41-42,44-46,48H,14,18H2,1-3H3/b16-7+/t31-,32+,37-/m1/s1. The Kier molecular flexibility index (Phi) is 9.75. The molecule has 0 saturated carbocycles. The van der Waals surface area contributed by atoms with Gasteiger partial charge in [0.25, 0.3) is 0 Å². The number of benzene rings is 4. The van der Waals surface area contributed by atoms with Crippen molar-refractivity contribution in [2.24, 2.45) is 5.92 Å². The zero-order chi connectivity index (χ0) is 34.7. The van der Waals surface area contributed by atoms with Crippen molar-refractivity contribution in [3.05, 3.63) is 136 Å². The SMILES string of the molecule is CC(C)=CCc1c(O)cc(C(=O)[C@H]2[C@@H](c3c(O)ccc(C(=O)/C=C/c4ccc(O)cc4)c3O)C=C(C)C[C@@H]2c2ccc(O)cc2)cc1O. The lowest BCUT2D eigenvalue weighted by Crippen LogP contribution is -2.31. The summed E-state index contributed by atoms with van der Waals surface area (Å²) >= 11 is 0. The summed E-state index contributed by atoms with van der Waals surface area (Å²) in [4.78, 5) is 27.9. The van der Waals surface area contributed by atoms with Gasteiger partial charge in [0.1, 0.15) is 34.5 Å². The molecule has 3 atom stereocenters. The van der Waals surface area contributed by atoms with E-state index in [9.17, 15) is 40.2 Å². The number of phenolic OH excluding ortho intramolecular Hbond substituents is 6. The minimum Gasteiger partial charge on any atom is -0.508 e. The Morgan fingerprint density at radius 2 is 1.40 bits per heavy atom. The van der Waals surface area contributed by atoms with Gasteiger partial charge in [0.05, 0.1) is 5.56 Å². The van der Waals surface area contributed by atoms with Crippen molar-refractivity contribution in [3.8, 4) is 34.5 Å². The molecule has 8 heteroatoms. The van der Waals surface area contributed by atoms with E-state index in [0.29, 0.717) is 12.0 Å². The summed E-state index contributed by atoms with van der Waals surface area (Å²) in [5, 5.41) is 64.1. The number of aromatic hydroxyl groups is 6. The van der Waals surface area contributed by atoms with Crippen LogP contribution in [0.15, 0.2) is 102 Å². The van der Waals surface area contributed by atoms with Crippen molar-refractivity contribution >= 4 is 17.6 Å². The topological polar surface area (TPSA) is 156 Å². The van der Waals surface area contributed by atoms with Crippen LogP contribution in [-0.4, -0.2) is 42.2 Å². The molecule has 0 fully saturated rings. The monoisotopic (exact) mass is 646 g/mol. The third-order valence-corrected chi connectivity index (χ3v) is 8.77. The van der Waals surface area contributed by atoms with Crippen LogP contribution in [0.5, 0.6) is 34.5 Å². The van der Waals surface area contributed by atoms with E-state index < -0.39 is 35.1 Å². The second-order valence-corrected chi connectivity index (χ2v) is 12.5. The number of Topliss-reactive ketones (excluding diaryl/α,β-unsaturated/α-hetero) is 1. The Balaban J connectivity index is 1.62. The van der Waals surface area contributed by atoms with E-state index in [1.807, 2.05) is 26.8 Å². The van der Waals surface area contributed by atoms with Crippen molar-refractivity contribution in [2.75, 3.05) is 0 Å². The molecule has 4 aromatic rings. The molecule has 246 valence electrons. The molecule has 0 spiro atoms. The molecule has 0 aromatic heterocycles. The molecule has 0 heterocycles. The second-order valence-electron chi connectivity index (χ2n) is 12.5. The summed E-state index contributed by atoms with van der Waals surface area (Å²) in [5.41, 5.74) is 3.46. The highest BCUT2D eigenvalue weighted by Gasteiger charge is 2.42. The van der Waals surface area contributed by atoms with Crippen molar-refractivity contribution in [3.63, 3.8) is 0 Å². The molecular formula is C40H38O8. The predicted molar refractivity (Wildman–Crippen MR) is 184 cm³/mol. The molecule has 4 aromatic carbocycles. The average molecular weight is 647 g/mol. The van der Waals surface area contributed by atoms with Crippen molar-refractivity contribution in [1.29, 1.82) is 0 Å². The highest BCUT2D eigenvalue weighted by atomic mass is 16.3. The number of hydrogen-bond donors (Lipinski definition) is 6. The molecule has 5 rings (SSSR count). The van der Waals surface area contributed by atoms with E-state index in [1.54, 1.807) is 30.3 Å². The number of allylic oxidation sites excluding steroid dienone is 5. The quantitative estimate of drug-likeness (QED) is 0.0606. The molecule has 0 bridgehead atoms. The summed E-state index contributed by atoms with van der Waals surface area (Å²) in [6.07, 6.45) is 7.14. The van der Waals surface area contributed by atoms with E-state index in [4.69, 9.17) is 0 Å². The minimum absolute atomic E-state index is 0.00585. The van der Waals surface area contributed by atoms with Crippen molar-refractivity contribution < 1.29 is 40.2 Å². The maximum atomic E-state index is 14.6. The van der Waals surface area contributed by atoms with Gasteiger partial charge in [0.2, 0.25) is 0 Å². The Morgan fingerprint density at radius 1 is 0.792 bits per heavy atom. The van der Waals surface area contributed by atoms with Gasteiger partial charge in [-0.2, -0.15) is 0 Å². The molecule has 0 radical (unpaired) electrons. The van der Waals surface area contributed by atoms with Gasteiger partial charge in [-0.3, -0.25) is 9.59 Å². The maximum Gasteiger partial charge on any atom is 0.189 e. The van der Waals surface area contributed by atoms with Crippen LogP contribution >= 0.6 is 0 Å². The number of rotatable bonds is 9. The maximum absolute atomic E-state index is 14.6. The van der Waals surface area contributed by atoms with Crippen molar-refractivity contribution in [1.82, 2.24) is 0 Å². The molecule has 6 N–H and O–H groups in total. The predicted octanol–water partition coefficient (Wildman–Crippen LogP) is 8.04. The zero-order valence-corrected chi connectivity index (χ0v) is 26.9. The number of ketones is 2. The minimum atomic E-state index is -0.963. The molecule has 0 saturated heterocycles. The zero-order valence-electron chi connectivity index (χ0n) is 26.9. The first-order chi connectivity index (χ1) is 22.8. The Morgan fingerprint density at radius 3 is 2.00 bits per heavy atom. The lowest BCUT2D eigenvalue weighted by molar-refractivity contribution is 0.0879. The Hall–Kier alpha value is -5.76. The Bertz CT molecular complexity index is 1920. The molecule has 0 aliphatic heterocycles. The fourth-order valence-electron chi connectivity index (χ4n) is 6.32. The lowest BCUT2D eigenvalue weighted by Gasteiger charge is -2.37. The van der Waals surface area contributed by atoms with E-state index in [1.165, 1.54) is 60.7 Å². The van der Waals surface area contributed by atoms with Crippen LogP contribution in [0.25, 0.3) is 6.08 Å². The van der Waals surface area contributed by atoms with Gasteiger partial charge in [-0.1, -0.05) is 53.6 Å². The summed E-state index contributed by atoms with van der Waals surface area (Å²) < 4.78 is 0. The summed E-state index contributed by atoms with van der Waals surface area (Å²) in [6, 6.07) is 17.9. The highest BCUT2D eigenvalue weighted by Crippen LogP contribution is 2.51. The highest BCUT2D eigenvalue weighted by molar-refractivity contribution is 6.09. The van der Waals surface area contributed by atoms with Gasteiger partial charge < -0.3 is 30.6 Å². The van der Waals surface area contributed by atoms with Crippen LogP contribution in [0.4, 0.5) is 0 Å². The first kappa shape index (κ1) is 33.6. The average Bonchev–Trinajstić information content (AvgIpc) is 3.03. The number of phenols is 6. The molecular weight excluding hydrogens is 608 g/mol. The third kappa shape index (κ3) is 7.13. The van der Waals surface area contributed by atoms with Gasteiger partial charge in [-0.25, -0.2) is 0 Å². The summed E-state index contributed by atoms with van der Waals surface area (Å²) in [7, 11) is 0. The van der Waals surface area contributed by atoms with E-state index in [0.717, 1.165) is 16.7 Å². The summed E-state index contributed by atoms with van der Waals surface area (Å²) in [6.45, 7) is 5.67. The van der Waals surface area contributed by atoms with Crippen LogP contribution < -0.4 is 0 Å². The van der Waals surface area contributed by atoms with Crippen LogP contribution in [0, 0.1) is 5.92 Å². The van der Waals surface area contributed by atoms with E-state index in [2.05, 4.69) is 0 Å². The smallest absolute Gasteiger partial charge is 0.189 e. The van der Waals surface area contributed by atoms with Crippen LogP contribution in [0.2, 0.25) is 0 Å². The van der Waals surface area contributed by atoms with Gasteiger partial charge in [-0.15, -0.1) is 0 Å². The van der Waals surface area contributed by atoms with Crippen LogP contribution in [-0.2, 0) is 6.42 Å². The Labute approximate surface area is 278 Å². The lowest BCUT2D eigenvalue weighted by atomic mass is 9.65. The molecule has 48 heavy (non-hydrogen) atoms. The second kappa shape index (κ2) is 13.9. The third-order valence-electron chi connectivity index (χ3n) is 8.77. The van der Waals surface area contributed by atoms with Crippen LogP contribution in [0.1, 0.15) is 82.0 Å². The number of hydrogen-bond acceptors (Lipinski definition) is 8. The van der Waals surface area contributed by atoms with E-state index >= 15 is 0 Å². The molecule has 1 aliphatic carbocycles. The number of carbonyl (C=O) groups excluding carboxylic acids is 2. The molecule has 8 nitrogen and oxygen atoms in total. The van der Waals surface area contributed by atoms with Gasteiger partial charge in [-0.05, 0) is 105 Å². The largest absolute Gasteiger partial charge is 0.508 e. The first-order valence-corrected chi connectivity index (χ1v) is 15.6. The summed E-state index contributed by atoms with van der Waals surface area (Å²) in [5.74, 6) is -4.53.